The third-order valence-electron chi connectivity index (χ3n) is 2.66. The van der Waals surface area contributed by atoms with Crippen LogP contribution in [0, 0.1) is 6.92 Å². The Balaban J connectivity index is 2.01. The van der Waals surface area contributed by atoms with Gasteiger partial charge >= 0.3 is 0 Å². The molecular weight excluding hydrogens is 290 g/mol. The van der Waals surface area contributed by atoms with Crippen molar-refractivity contribution >= 4 is 27.5 Å². The summed E-state index contributed by atoms with van der Waals surface area (Å²) in [6.45, 7) is 2.01. The van der Waals surface area contributed by atoms with E-state index in [1.54, 1.807) is 0 Å². The van der Waals surface area contributed by atoms with Crippen LogP contribution in [0.15, 0.2) is 53.0 Å². The summed E-state index contributed by atoms with van der Waals surface area (Å²) in [6.07, 6.45) is 0.395. The van der Waals surface area contributed by atoms with E-state index in [1.165, 1.54) is 0 Å². The number of carbonyl (C=O) groups excluding carboxylic acids is 1. The molecule has 2 aromatic rings. The van der Waals surface area contributed by atoms with Crippen molar-refractivity contribution in [2.24, 2.45) is 0 Å². The summed E-state index contributed by atoms with van der Waals surface area (Å²) in [5, 5.41) is 2.89. The molecule has 2 nitrogen and oxygen atoms in total. The fourth-order valence-corrected chi connectivity index (χ4v) is 2.04. The van der Waals surface area contributed by atoms with Crippen molar-refractivity contribution in [1.82, 2.24) is 0 Å². The summed E-state index contributed by atoms with van der Waals surface area (Å²) in [7, 11) is 0. The number of anilines is 1. The van der Waals surface area contributed by atoms with Gasteiger partial charge in [0.1, 0.15) is 0 Å². The molecule has 2 aromatic carbocycles. The summed E-state index contributed by atoms with van der Waals surface area (Å²) < 4.78 is 1.00. The number of hydrogen-bond acceptors (Lipinski definition) is 1. The molecule has 18 heavy (non-hydrogen) atoms. The van der Waals surface area contributed by atoms with Gasteiger partial charge in [0.25, 0.3) is 0 Å². The van der Waals surface area contributed by atoms with Crippen molar-refractivity contribution in [3.8, 4) is 0 Å². The number of hydrogen-bond donors (Lipinski definition) is 1. The Hall–Kier alpha value is -1.61. The van der Waals surface area contributed by atoms with Crippen molar-refractivity contribution in [3.05, 3.63) is 64.1 Å². The van der Waals surface area contributed by atoms with E-state index in [1.807, 2.05) is 55.5 Å². The average molecular weight is 304 g/mol. The minimum Gasteiger partial charge on any atom is -0.326 e. The Morgan fingerprint density at radius 3 is 2.56 bits per heavy atom. The summed E-state index contributed by atoms with van der Waals surface area (Å²) in [5.74, 6) is -0.00282. The van der Waals surface area contributed by atoms with E-state index in [9.17, 15) is 4.79 Å². The smallest absolute Gasteiger partial charge is 0.228 e. The van der Waals surface area contributed by atoms with Crippen LogP contribution in [-0.2, 0) is 11.2 Å². The van der Waals surface area contributed by atoms with E-state index in [4.69, 9.17) is 0 Å². The molecule has 0 heterocycles. The molecule has 0 spiro atoms. The van der Waals surface area contributed by atoms with Crippen LogP contribution in [0.3, 0.4) is 0 Å². The molecule has 92 valence electrons. The number of halogens is 1. The molecular formula is C15H14BrNO. The van der Waals surface area contributed by atoms with E-state index < -0.39 is 0 Å². The maximum Gasteiger partial charge on any atom is 0.228 e. The third kappa shape index (κ3) is 3.44. The van der Waals surface area contributed by atoms with E-state index in [-0.39, 0.29) is 5.91 Å². The molecule has 0 aromatic heterocycles. The van der Waals surface area contributed by atoms with Gasteiger partial charge in [0.15, 0.2) is 0 Å². The van der Waals surface area contributed by atoms with Gasteiger partial charge < -0.3 is 5.32 Å². The van der Waals surface area contributed by atoms with Crippen molar-refractivity contribution in [1.29, 1.82) is 0 Å². The first-order valence-corrected chi connectivity index (χ1v) is 6.54. The summed E-state index contributed by atoms with van der Waals surface area (Å²) in [4.78, 5) is 11.9. The second-order valence-electron chi connectivity index (χ2n) is 4.17. The standard InChI is InChI=1S/C15H14BrNO/c1-11-7-8-13(10-14(11)16)17-15(18)9-12-5-3-2-4-6-12/h2-8,10H,9H2,1H3,(H,17,18). The SMILES string of the molecule is Cc1ccc(NC(=O)Cc2ccccc2)cc1Br. The second-order valence-corrected chi connectivity index (χ2v) is 5.03. The van der Waals surface area contributed by atoms with Crippen LogP contribution >= 0.6 is 15.9 Å². The maximum absolute atomic E-state index is 11.9. The Morgan fingerprint density at radius 1 is 1.17 bits per heavy atom. The number of aryl methyl sites for hydroxylation is 1. The lowest BCUT2D eigenvalue weighted by Gasteiger charge is -2.07. The molecule has 0 aliphatic heterocycles. The van der Waals surface area contributed by atoms with Gasteiger partial charge in [-0.2, -0.15) is 0 Å². The minimum absolute atomic E-state index is 0.00282. The monoisotopic (exact) mass is 303 g/mol. The Bertz CT molecular complexity index is 552. The van der Waals surface area contributed by atoms with Gasteiger partial charge in [-0.25, -0.2) is 0 Å². The van der Waals surface area contributed by atoms with Crippen LogP contribution in [0.5, 0.6) is 0 Å². The highest BCUT2D eigenvalue weighted by Crippen LogP contribution is 2.20. The molecule has 0 aliphatic rings. The average Bonchev–Trinajstić information content (AvgIpc) is 2.35. The van der Waals surface area contributed by atoms with Gasteiger partial charge in [-0.15, -0.1) is 0 Å². The quantitative estimate of drug-likeness (QED) is 0.914. The molecule has 0 saturated heterocycles. The summed E-state index contributed by atoms with van der Waals surface area (Å²) in [5.41, 5.74) is 2.98. The van der Waals surface area contributed by atoms with Crippen LogP contribution in [-0.4, -0.2) is 5.91 Å². The van der Waals surface area contributed by atoms with Crippen LogP contribution in [0.4, 0.5) is 5.69 Å². The predicted octanol–water partition coefficient (Wildman–Crippen LogP) is 3.94. The highest BCUT2D eigenvalue weighted by molar-refractivity contribution is 9.10. The topological polar surface area (TPSA) is 29.1 Å². The van der Waals surface area contributed by atoms with Crippen molar-refractivity contribution in [2.75, 3.05) is 5.32 Å². The van der Waals surface area contributed by atoms with E-state index in [2.05, 4.69) is 21.2 Å². The zero-order valence-corrected chi connectivity index (χ0v) is 11.7. The molecule has 0 bridgehead atoms. The van der Waals surface area contributed by atoms with Gasteiger partial charge in [-0.3, -0.25) is 4.79 Å². The first-order chi connectivity index (χ1) is 8.65. The second kappa shape index (κ2) is 5.83. The number of carbonyl (C=O) groups is 1. The Morgan fingerprint density at radius 2 is 1.89 bits per heavy atom. The number of amides is 1. The number of nitrogens with one attached hydrogen (secondary N) is 1. The van der Waals surface area contributed by atoms with E-state index in [0.717, 1.165) is 21.3 Å². The minimum atomic E-state index is -0.00282. The largest absolute Gasteiger partial charge is 0.326 e. The fraction of sp³-hybridized carbons (Fsp3) is 0.133. The highest BCUT2D eigenvalue weighted by Gasteiger charge is 2.04. The molecule has 3 heteroatoms. The van der Waals surface area contributed by atoms with Crippen molar-refractivity contribution in [3.63, 3.8) is 0 Å². The first-order valence-electron chi connectivity index (χ1n) is 5.75. The van der Waals surface area contributed by atoms with Crippen LogP contribution in [0.1, 0.15) is 11.1 Å². The highest BCUT2D eigenvalue weighted by atomic mass is 79.9. The van der Waals surface area contributed by atoms with Gasteiger partial charge in [0.05, 0.1) is 6.42 Å². The summed E-state index contributed by atoms with van der Waals surface area (Å²) >= 11 is 3.45. The van der Waals surface area contributed by atoms with Gasteiger partial charge in [0.2, 0.25) is 5.91 Å². The zero-order chi connectivity index (χ0) is 13.0. The molecule has 0 aliphatic carbocycles. The van der Waals surface area contributed by atoms with Crippen LogP contribution in [0.2, 0.25) is 0 Å². The van der Waals surface area contributed by atoms with Crippen molar-refractivity contribution < 1.29 is 4.79 Å². The third-order valence-corrected chi connectivity index (χ3v) is 3.52. The van der Waals surface area contributed by atoms with Gasteiger partial charge in [-0.1, -0.05) is 52.3 Å². The maximum atomic E-state index is 11.9. The lowest BCUT2D eigenvalue weighted by molar-refractivity contribution is -0.115. The normalized spacial score (nSPS) is 10.1. The van der Waals surface area contributed by atoms with Crippen LogP contribution < -0.4 is 5.32 Å². The fourth-order valence-electron chi connectivity index (χ4n) is 1.66. The lowest BCUT2D eigenvalue weighted by Crippen LogP contribution is -2.14. The molecule has 2 rings (SSSR count). The zero-order valence-electron chi connectivity index (χ0n) is 10.1. The molecule has 0 unspecified atom stereocenters. The Kier molecular flexibility index (Phi) is 4.15. The lowest BCUT2D eigenvalue weighted by atomic mass is 10.1. The molecule has 0 atom stereocenters. The molecule has 0 fully saturated rings. The van der Waals surface area contributed by atoms with Crippen LogP contribution in [0.25, 0.3) is 0 Å². The molecule has 0 saturated carbocycles. The predicted molar refractivity (Wildman–Crippen MR) is 77.7 cm³/mol. The van der Waals surface area contributed by atoms with Crippen molar-refractivity contribution in [2.45, 2.75) is 13.3 Å². The molecule has 0 radical (unpaired) electrons. The molecule has 1 N–H and O–H groups in total. The number of rotatable bonds is 3. The molecule has 1 amide bonds. The Labute approximate surface area is 115 Å². The van der Waals surface area contributed by atoms with E-state index >= 15 is 0 Å². The van der Waals surface area contributed by atoms with Gasteiger partial charge in [-0.05, 0) is 30.2 Å². The number of benzene rings is 2. The van der Waals surface area contributed by atoms with Gasteiger partial charge in [0, 0.05) is 10.2 Å². The summed E-state index contributed by atoms with van der Waals surface area (Å²) in [6, 6.07) is 15.5. The van der Waals surface area contributed by atoms with E-state index in [0.29, 0.717) is 6.42 Å². The first kappa shape index (κ1) is 12.8.